The third-order valence-corrected chi connectivity index (χ3v) is 3.59. The third kappa shape index (κ3) is 4.25. The number of rotatable bonds is 4. The fourth-order valence-corrected chi connectivity index (χ4v) is 1.99. The van der Waals surface area contributed by atoms with Gasteiger partial charge in [-0.05, 0) is 23.1 Å². The van der Waals surface area contributed by atoms with Crippen molar-refractivity contribution in [3.63, 3.8) is 0 Å². The summed E-state index contributed by atoms with van der Waals surface area (Å²) in [5, 5.41) is 14.2. The Balaban J connectivity index is 2.06. The van der Waals surface area contributed by atoms with E-state index in [4.69, 9.17) is 16.1 Å². The van der Waals surface area contributed by atoms with Crippen molar-refractivity contribution >= 4 is 11.6 Å². The Morgan fingerprint density at radius 1 is 1.38 bits per heavy atom. The van der Waals surface area contributed by atoms with E-state index in [1.807, 2.05) is 20.8 Å². The first-order valence-corrected chi connectivity index (χ1v) is 7.07. The Labute approximate surface area is 127 Å². The highest BCUT2D eigenvalue weighted by Gasteiger charge is 2.24. The SMILES string of the molecule is CC(C)(C)C(O)Cc1nc(Cc2ccc(F)cc2Cl)no1. The molecule has 2 aromatic rings. The highest BCUT2D eigenvalue weighted by atomic mass is 35.5. The van der Waals surface area contributed by atoms with Gasteiger partial charge >= 0.3 is 0 Å². The van der Waals surface area contributed by atoms with Gasteiger partial charge in [0.2, 0.25) is 5.89 Å². The summed E-state index contributed by atoms with van der Waals surface area (Å²) in [6.45, 7) is 5.81. The number of hydrogen-bond donors (Lipinski definition) is 1. The molecule has 4 nitrogen and oxygen atoms in total. The van der Waals surface area contributed by atoms with Crippen molar-refractivity contribution in [3.8, 4) is 0 Å². The maximum atomic E-state index is 13.0. The lowest BCUT2D eigenvalue weighted by Crippen LogP contribution is -2.28. The van der Waals surface area contributed by atoms with Crippen LogP contribution in [0.5, 0.6) is 0 Å². The van der Waals surface area contributed by atoms with Crippen LogP contribution in [0, 0.1) is 11.2 Å². The van der Waals surface area contributed by atoms with Gasteiger partial charge in [0.25, 0.3) is 0 Å². The van der Waals surface area contributed by atoms with Crippen molar-refractivity contribution in [2.24, 2.45) is 5.41 Å². The molecule has 0 fully saturated rings. The minimum atomic E-state index is -0.569. The Kier molecular flexibility index (Phi) is 4.64. The van der Waals surface area contributed by atoms with Crippen molar-refractivity contribution in [2.75, 3.05) is 0 Å². The molecular formula is C15H18ClFN2O2. The molecule has 2 rings (SSSR count). The molecule has 0 spiro atoms. The maximum Gasteiger partial charge on any atom is 0.229 e. The van der Waals surface area contributed by atoms with E-state index in [2.05, 4.69) is 10.1 Å². The second-order valence-electron chi connectivity index (χ2n) is 6.10. The van der Waals surface area contributed by atoms with Gasteiger partial charge < -0.3 is 9.63 Å². The Hall–Kier alpha value is -1.46. The Morgan fingerprint density at radius 2 is 2.10 bits per heavy atom. The minimum Gasteiger partial charge on any atom is -0.392 e. The van der Waals surface area contributed by atoms with E-state index in [9.17, 15) is 9.50 Å². The second-order valence-corrected chi connectivity index (χ2v) is 6.51. The van der Waals surface area contributed by atoms with Crippen molar-refractivity contribution < 1.29 is 14.0 Å². The average molecular weight is 313 g/mol. The van der Waals surface area contributed by atoms with Crippen LogP contribution >= 0.6 is 11.6 Å². The van der Waals surface area contributed by atoms with Gasteiger partial charge in [-0.1, -0.05) is 43.6 Å². The van der Waals surface area contributed by atoms with Crippen LogP contribution in [0.1, 0.15) is 38.0 Å². The Morgan fingerprint density at radius 3 is 2.71 bits per heavy atom. The molecule has 6 heteroatoms. The van der Waals surface area contributed by atoms with E-state index >= 15 is 0 Å². The van der Waals surface area contributed by atoms with Gasteiger partial charge in [-0.25, -0.2) is 4.39 Å². The zero-order valence-corrected chi connectivity index (χ0v) is 13.0. The van der Waals surface area contributed by atoms with Gasteiger partial charge in [0.15, 0.2) is 5.82 Å². The summed E-state index contributed by atoms with van der Waals surface area (Å²) in [6.07, 6.45) is 0.0854. The lowest BCUT2D eigenvalue weighted by molar-refractivity contribution is 0.0565. The van der Waals surface area contributed by atoms with E-state index < -0.39 is 6.10 Å². The normalized spacial score (nSPS) is 13.4. The van der Waals surface area contributed by atoms with Crippen LogP contribution in [0.3, 0.4) is 0 Å². The zero-order chi connectivity index (χ0) is 15.6. The smallest absolute Gasteiger partial charge is 0.229 e. The molecule has 21 heavy (non-hydrogen) atoms. The summed E-state index contributed by atoms with van der Waals surface area (Å²) in [4.78, 5) is 4.23. The number of benzene rings is 1. The standard InChI is InChI=1S/C15H18ClFN2O2/c1-15(2,3)12(20)8-14-18-13(19-21-14)6-9-4-5-10(17)7-11(9)16/h4-5,7,12,20H,6,8H2,1-3H3. The lowest BCUT2D eigenvalue weighted by atomic mass is 9.87. The number of aromatic nitrogens is 2. The highest BCUT2D eigenvalue weighted by Crippen LogP contribution is 2.23. The molecule has 0 saturated carbocycles. The van der Waals surface area contributed by atoms with E-state index in [0.717, 1.165) is 5.56 Å². The number of nitrogens with zero attached hydrogens (tertiary/aromatic N) is 2. The number of aliphatic hydroxyl groups is 1. The molecule has 1 aromatic carbocycles. The molecule has 1 heterocycles. The van der Waals surface area contributed by atoms with E-state index in [0.29, 0.717) is 29.6 Å². The average Bonchev–Trinajstić information content (AvgIpc) is 2.79. The van der Waals surface area contributed by atoms with Gasteiger partial charge in [-0.2, -0.15) is 4.98 Å². The van der Waals surface area contributed by atoms with Crippen molar-refractivity contribution in [2.45, 2.75) is 39.7 Å². The summed E-state index contributed by atoms with van der Waals surface area (Å²) in [7, 11) is 0. The minimum absolute atomic E-state index is 0.255. The van der Waals surface area contributed by atoms with Crippen LogP contribution in [0.2, 0.25) is 5.02 Å². The first kappa shape index (κ1) is 15.9. The third-order valence-electron chi connectivity index (χ3n) is 3.24. The quantitative estimate of drug-likeness (QED) is 0.940. The predicted octanol–water partition coefficient (Wildman–Crippen LogP) is 3.40. The lowest BCUT2D eigenvalue weighted by Gasteiger charge is -2.24. The molecule has 0 saturated heterocycles. The van der Waals surface area contributed by atoms with E-state index in [1.54, 1.807) is 6.07 Å². The van der Waals surface area contributed by atoms with Gasteiger partial charge in [0.05, 0.1) is 12.5 Å². The first-order valence-electron chi connectivity index (χ1n) is 6.69. The fourth-order valence-electron chi connectivity index (χ4n) is 1.75. The largest absolute Gasteiger partial charge is 0.392 e. The molecule has 0 amide bonds. The highest BCUT2D eigenvalue weighted by molar-refractivity contribution is 6.31. The molecule has 0 aliphatic heterocycles. The van der Waals surface area contributed by atoms with Gasteiger partial charge in [-0.3, -0.25) is 0 Å². The molecule has 0 radical (unpaired) electrons. The molecule has 0 aliphatic carbocycles. The molecule has 1 atom stereocenters. The summed E-state index contributed by atoms with van der Waals surface area (Å²) in [5.41, 5.74) is 0.469. The monoisotopic (exact) mass is 312 g/mol. The number of aliphatic hydroxyl groups excluding tert-OH is 1. The van der Waals surface area contributed by atoms with Crippen LogP contribution < -0.4 is 0 Å². The number of hydrogen-bond acceptors (Lipinski definition) is 4. The summed E-state index contributed by atoms with van der Waals surface area (Å²) < 4.78 is 18.1. The topological polar surface area (TPSA) is 59.2 Å². The molecule has 1 aromatic heterocycles. The molecular weight excluding hydrogens is 295 g/mol. The van der Waals surface area contributed by atoms with Crippen LogP contribution in [0.25, 0.3) is 0 Å². The second kappa shape index (κ2) is 6.12. The summed E-state index contributed by atoms with van der Waals surface area (Å²) in [5.74, 6) is 0.455. The number of halogens is 2. The van der Waals surface area contributed by atoms with Crippen LogP contribution in [0.4, 0.5) is 4.39 Å². The summed E-state index contributed by atoms with van der Waals surface area (Å²) in [6, 6.07) is 4.19. The van der Waals surface area contributed by atoms with Crippen molar-refractivity contribution in [1.82, 2.24) is 10.1 Å². The first-order chi connectivity index (χ1) is 9.75. The van der Waals surface area contributed by atoms with Crippen LogP contribution in [-0.2, 0) is 12.8 Å². The molecule has 0 bridgehead atoms. The molecule has 0 aliphatic rings. The fraction of sp³-hybridized carbons (Fsp3) is 0.467. The van der Waals surface area contributed by atoms with Gasteiger partial charge in [0, 0.05) is 11.4 Å². The van der Waals surface area contributed by atoms with Crippen LogP contribution in [-0.4, -0.2) is 21.4 Å². The van der Waals surface area contributed by atoms with Crippen molar-refractivity contribution in [3.05, 3.63) is 46.3 Å². The van der Waals surface area contributed by atoms with Gasteiger partial charge in [-0.15, -0.1) is 0 Å². The molecule has 1 N–H and O–H groups in total. The van der Waals surface area contributed by atoms with E-state index in [1.165, 1.54) is 12.1 Å². The molecule has 1 unspecified atom stereocenters. The Bertz CT molecular complexity index is 622. The summed E-state index contributed by atoms with van der Waals surface area (Å²) >= 11 is 5.96. The molecule has 114 valence electrons. The maximum absolute atomic E-state index is 13.0. The van der Waals surface area contributed by atoms with Gasteiger partial charge in [0.1, 0.15) is 5.82 Å². The van der Waals surface area contributed by atoms with Crippen molar-refractivity contribution in [1.29, 1.82) is 0 Å². The van der Waals surface area contributed by atoms with Crippen LogP contribution in [0.15, 0.2) is 22.7 Å². The predicted molar refractivity (Wildman–Crippen MR) is 77.7 cm³/mol. The van der Waals surface area contributed by atoms with E-state index in [-0.39, 0.29) is 11.2 Å². The zero-order valence-electron chi connectivity index (χ0n) is 12.2.